The number of hydrogen-bond acceptors (Lipinski definition) is 0. The van der Waals surface area contributed by atoms with Crippen molar-refractivity contribution in [2.75, 3.05) is 0 Å². The second kappa shape index (κ2) is 6.70. The van der Waals surface area contributed by atoms with Crippen LogP contribution in [-0.4, -0.2) is 8.07 Å². The average Bonchev–Trinajstić information content (AvgIpc) is 2.11. The Morgan fingerprint density at radius 3 is 1.67 bits per heavy atom. The molecule has 0 aliphatic carbocycles. The van der Waals surface area contributed by atoms with Crippen molar-refractivity contribution in [1.29, 1.82) is 0 Å². The fourth-order valence-corrected chi connectivity index (χ4v) is 4.72. The molecule has 0 aromatic rings. The summed E-state index contributed by atoms with van der Waals surface area (Å²) in [5, 5.41) is 0. The third kappa shape index (κ3) is 4.97. The van der Waals surface area contributed by atoms with E-state index in [0.717, 1.165) is 0 Å². The molecule has 0 rings (SSSR count). The van der Waals surface area contributed by atoms with Crippen LogP contribution < -0.4 is 0 Å². The molecule has 1 heteroatoms. The summed E-state index contributed by atoms with van der Waals surface area (Å²) in [6, 6.07) is 5.57. The van der Waals surface area contributed by atoms with Gasteiger partial charge in [-0.2, -0.15) is 0 Å². The predicted octanol–water partition coefficient (Wildman–Crippen LogP) is 4.43. The highest BCUT2D eigenvalue weighted by molar-refractivity contribution is 6.81. The molecule has 0 bridgehead atoms. The maximum absolute atomic E-state index is 2.54. The first-order valence-corrected chi connectivity index (χ1v) is 8.48. The first kappa shape index (κ1) is 12.2. The van der Waals surface area contributed by atoms with Crippen molar-refractivity contribution in [2.45, 2.75) is 65.1 Å². The SMILES string of the molecule is C[CH][Si](C)(CCCC)CCCC. The maximum atomic E-state index is 2.54. The molecule has 0 atom stereocenters. The zero-order chi connectivity index (χ0) is 9.45. The summed E-state index contributed by atoms with van der Waals surface area (Å²) >= 11 is 0. The van der Waals surface area contributed by atoms with Gasteiger partial charge in [0.05, 0.1) is 8.07 Å². The zero-order valence-electron chi connectivity index (χ0n) is 9.32. The molecule has 1 radical (unpaired) electrons. The van der Waals surface area contributed by atoms with Crippen molar-refractivity contribution in [3.05, 3.63) is 6.04 Å². The third-order valence-electron chi connectivity index (χ3n) is 2.90. The zero-order valence-corrected chi connectivity index (χ0v) is 10.3. The normalized spacial score (nSPS) is 12.0. The highest BCUT2D eigenvalue weighted by Gasteiger charge is 2.22. The van der Waals surface area contributed by atoms with Crippen LogP contribution in [0.3, 0.4) is 0 Å². The minimum Gasteiger partial charge on any atom is -0.0690 e. The van der Waals surface area contributed by atoms with Crippen molar-refractivity contribution in [3.8, 4) is 0 Å². The van der Waals surface area contributed by atoms with Gasteiger partial charge in [-0.1, -0.05) is 65.1 Å². The van der Waals surface area contributed by atoms with Gasteiger partial charge in [0, 0.05) is 0 Å². The number of rotatable bonds is 7. The van der Waals surface area contributed by atoms with E-state index in [1.807, 2.05) is 0 Å². The third-order valence-corrected chi connectivity index (χ3v) is 7.29. The Bertz CT molecular complexity index is 91.2. The van der Waals surface area contributed by atoms with Crippen LogP contribution in [0.1, 0.15) is 46.5 Å². The van der Waals surface area contributed by atoms with Crippen molar-refractivity contribution in [2.24, 2.45) is 0 Å². The fraction of sp³-hybridized carbons (Fsp3) is 0.909. The lowest BCUT2D eigenvalue weighted by Gasteiger charge is -2.25. The van der Waals surface area contributed by atoms with E-state index in [9.17, 15) is 0 Å². The number of hydrogen-bond donors (Lipinski definition) is 0. The highest BCUT2D eigenvalue weighted by atomic mass is 28.3. The van der Waals surface area contributed by atoms with E-state index in [2.05, 4.69) is 33.4 Å². The summed E-state index contributed by atoms with van der Waals surface area (Å²) in [6.45, 7) is 9.41. The van der Waals surface area contributed by atoms with Gasteiger partial charge in [0.2, 0.25) is 0 Å². The van der Waals surface area contributed by atoms with Gasteiger partial charge < -0.3 is 0 Å². The van der Waals surface area contributed by atoms with E-state index in [0.29, 0.717) is 0 Å². The molecule has 0 N–H and O–H groups in total. The highest BCUT2D eigenvalue weighted by Crippen LogP contribution is 2.23. The van der Waals surface area contributed by atoms with Gasteiger partial charge >= 0.3 is 0 Å². The smallest absolute Gasteiger partial charge is 0.0533 e. The van der Waals surface area contributed by atoms with Crippen LogP contribution in [-0.2, 0) is 0 Å². The van der Waals surface area contributed by atoms with E-state index < -0.39 is 8.07 Å². The van der Waals surface area contributed by atoms with E-state index >= 15 is 0 Å². The van der Waals surface area contributed by atoms with Crippen LogP contribution in [0, 0.1) is 6.04 Å². The van der Waals surface area contributed by atoms with Crippen LogP contribution in [0.4, 0.5) is 0 Å². The molecule has 0 saturated heterocycles. The summed E-state index contributed by atoms with van der Waals surface area (Å²) in [7, 11) is -0.890. The first-order chi connectivity index (χ1) is 5.68. The quantitative estimate of drug-likeness (QED) is 0.515. The van der Waals surface area contributed by atoms with Gasteiger partial charge in [-0.05, 0) is 6.04 Å². The molecule has 0 fully saturated rings. The first-order valence-electron chi connectivity index (χ1n) is 5.49. The van der Waals surface area contributed by atoms with Gasteiger partial charge in [0.1, 0.15) is 0 Å². The van der Waals surface area contributed by atoms with E-state index in [4.69, 9.17) is 0 Å². The lowest BCUT2D eigenvalue weighted by Crippen LogP contribution is -2.29. The van der Waals surface area contributed by atoms with Crippen molar-refractivity contribution in [3.63, 3.8) is 0 Å². The van der Waals surface area contributed by atoms with E-state index in [1.54, 1.807) is 0 Å². The second-order valence-electron chi connectivity index (χ2n) is 4.15. The molecule has 12 heavy (non-hydrogen) atoms. The molecule has 0 heterocycles. The Morgan fingerprint density at radius 2 is 1.42 bits per heavy atom. The van der Waals surface area contributed by atoms with Gasteiger partial charge in [-0.25, -0.2) is 0 Å². The maximum Gasteiger partial charge on any atom is 0.0533 e. The van der Waals surface area contributed by atoms with Gasteiger partial charge in [-0.3, -0.25) is 0 Å². The second-order valence-corrected chi connectivity index (χ2v) is 9.04. The topological polar surface area (TPSA) is 0 Å². The Hall–Kier alpha value is 0.217. The molecule has 73 valence electrons. The van der Waals surface area contributed by atoms with Crippen LogP contribution in [0.15, 0.2) is 0 Å². The van der Waals surface area contributed by atoms with Crippen molar-refractivity contribution in [1.82, 2.24) is 0 Å². The predicted molar refractivity (Wildman–Crippen MR) is 61.0 cm³/mol. The van der Waals surface area contributed by atoms with Crippen LogP contribution in [0.2, 0.25) is 18.6 Å². The minimum atomic E-state index is -0.890. The molecule has 0 spiro atoms. The molecular formula is C11H25Si. The number of unbranched alkanes of at least 4 members (excludes halogenated alkanes) is 2. The van der Waals surface area contributed by atoms with Gasteiger partial charge in [0.15, 0.2) is 0 Å². The van der Waals surface area contributed by atoms with Crippen molar-refractivity contribution >= 4 is 8.07 Å². The Kier molecular flexibility index (Phi) is 6.82. The molecule has 0 aromatic heterocycles. The van der Waals surface area contributed by atoms with Crippen LogP contribution in [0.5, 0.6) is 0 Å². The average molecular weight is 185 g/mol. The van der Waals surface area contributed by atoms with E-state index in [1.165, 1.54) is 37.8 Å². The molecule has 0 aliphatic rings. The molecule has 0 aliphatic heterocycles. The fourth-order valence-electron chi connectivity index (χ4n) is 1.57. The molecule has 0 aromatic carbocycles. The molecular weight excluding hydrogens is 160 g/mol. The molecule has 0 nitrogen and oxygen atoms in total. The van der Waals surface area contributed by atoms with Crippen LogP contribution in [0.25, 0.3) is 0 Å². The summed E-state index contributed by atoms with van der Waals surface area (Å²) in [5.41, 5.74) is 0. The Labute approximate surface area is 79.8 Å². The Balaban J connectivity index is 3.70. The summed E-state index contributed by atoms with van der Waals surface area (Å²) in [4.78, 5) is 0. The standard InChI is InChI=1S/C11H25Si/c1-5-8-10-12(4,7-3)11-9-6-2/h7H,5-6,8-11H2,1-4H3. The minimum absolute atomic E-state index is 0.890. The van der Waals surface area contributed by atoms with Crippen molar-refractivity contribution < 1.29 is 0 Å². The Morgan fingerprint density at radius 1 is 1.00 bits per heavy atom. The van der Waals surface area contributed by atoms with Gasteiger partial charge in [-0.15, -0.1) is 0 Å². The van der Waals surface area contributed by atoms with Crippen LogP contribution >= 0.6 is 0 Å². The lowest BCUT2D eigenvalue weighted by molar-refractivity contribution is 0.830. The molecule has 0 amide bonds. The van der Waals surface area contributed by atoms with E-state index in [-0.39, 0.29) is 0 Å². The monoisotopic (exact) mass is 185 g/mol. The summed E-state index contributed by atoms with van der Waals surface area (Å²) in [5.74, 6) is 0. The molecule has 0 unspecified atom stereocenters. The molecule has 0 saturated carbocycles. The largest absolute Gasteiger partial charge is 0.0690 e. The summed E-state index contributed by atoms with van der Waals surface area (Å²) in [6.07, 6.45) is 5.61. The summed E-state index contributed by atoms with van der Waals surface area (Å²) < 4.78 is 0. The van der Waals surface area contributed by atoms with Gasteiger partial charge in [0.25, 0.3) is 0 Å². The lowest BCUT2D eigenvalue weighted by atomic mass is 10.4.